The molecule has 0 spiro atoms. The molecule has 0 aromatic heterocycles. The summed E-state index contributed by atoms with van der Waals surface area (Å²) in [6, 6.07) is 0. The number of halogens is 3. The van der Waals surface area contributed by atoms with Crippen LogP contribution in [0.2, 0.25) is 0 Å². The van der Waals surface area contributed by atoms with Gasteiger partial charge in [0.05, 0.1) is 0 Å². The molecule has 0 bridgehead atoms. The third-order valence-electron chi connectivity index (χ3n) is 0. The minimum atomic E-state index is -0.750. The van der Waals surface area contributed by atoms with Gasteiger partial charge in [0.15, 0.2) is 0 Å². The topological polar surface area (TPSA) is 9.23 Å². The van der Waals surface area contributed by atoms with E-state index in [1.807, 2.05) is 0 Å². The van der Waals surface area contributed by atoms with Crippen molar-refractivity contribution in [1.82, 2.24) is 0 Å². The predicted octanol–water partition coefficient (Wildman–Crippen LogP) is 1.95. The lowest BCUT2D eigenvalue weighted by Gasteiger charge is -1.61. The summed E-state index contributed by atoms with van der Waals surface area (Å²) in [6.45, 7) is 0. The summed E-state index contributed by atoms with van der Waals surface area (Å²) in [5.41, 5.74) is 0. The molecule has 0 saturated heterocycles. The molecule has 0 aliphatic carbocycles. The first-order valence-electron chi connectivity index (χ1n) is 1.47. The zero-order valence-corrected chi connectivity index (χ0v) is 6.39. The van der Waals surface area contributed by atoms with Crippen molar-refractivity contribution in [1.29, 1.82) is 0 Å². The van der Waals surface area contributed by atoms with Gasteiger partial charge in [0.25, 0.3) is 0 Å². The minimum absolute atomic E-state index is 0.750. The molecule has 1 nitrogen and oxygen atoms in total. The van der Waals surface area contributed by atoms with Crippen molar-refractivity contribution in [2.45, 2.75) is 0 Å². The van der Waals surface area contributed by atoms with Gasteiger partial charge >= 0.3 is 4.96 Å². The lowest BCUT2D eigenvalue weighted by atomic mass is 10.7. The van der Waals surface area contributed by atoms with Gasteiger partial charge in [0.2, 0.25) is 0 Å². The van der Waals surface area contributed by atoms with E-state index < -0.39 is 4.96 Å². The van der Waals surface area contributed by atoms with Crippen LogP contribution in [-0.4, -0.2) is 19.2 Å². The highest BCUT2D eigenvalue weighted by molar-refractivity contribution is 7.54. The molecule has 0 N–H and O–H groups in total. The largest absolute Gasteiger partial charge is 0.450 e. The zero-order chi connectivity index (χ0) is 6.28. The van der Waals surface area contributed by atoms with E-state index in [0.29, 0.717) is 0 Å². The van der Waals surface area contributed by atoms with E-state index in [1.165, 1.54) is 0 Å². The van der Waals surface area contributed by atoms with Crippen LogP contribution >= 0.6 is 34.4 Å². The fraction of sp³-hybridized carbons (Fsp3) is 1.00. The van der Waals surface area contributed by atoms with Crippen molar-refractivity contribution in [3.63, 3.8) is 0 Å². The van der Waals surface area contributed by atoms with Gasteiger partial charge in [-0.15, -0.1) is 0 Å². The Hall–Kier alpha value is 0.895. The Kier molecular flexibility index (Phi) is 15.4. The SMILES string of the molecule is COC.ClB(Cl)Cl. The summed E-state index contributed by atoms with van der Waals surface area (Å²) in [6.07, 6.45) is 0. The molecule has 0 amide bonds. The van der Waals surface area contributed by atoms with Gasteiger partial charge < -0.3 is 4.74 Å². The van der Waals surface area contributed by atoms with Gasteiger partial charge in [-0.05, 0) is 0 Å². The number of rotatable bonds is 0. The molecule has 0 aromatic carbocycles. The number of hydrogen-bond acceptors (Lipinski definition) is 1. The summed E-state index contributed by atoms with van der Waals surface area (Å²) in [5.74, 6) is 0. The molecule has 0 aliphatic heterocycles. The predicted molar refractivity (Wildman–Crippen MR) is 36.2 cm³/mol. The molecular formula is C2H6BCl3O. The van der Waals surface area contributed by atoms with Gasteiger partial charge in [-0.25, -0.2) is 0 Å². The van der Waals surface area contributed by atoms with E-state index >= 15 is 0 Å². The lowest BCUT2D eigenvalue weighted by molar-refractivity contribution is 0.277. The van der Waals surface area contributed by atoms with E-state index in [4.69, 9.17) is 34.4 Å². The quantitative estimate of drug-likeness (QED) is 0.496. The molecule has 44 valence electrons. The molecule has 0 radical (unpaired) electrons. The van der Waals surface area contributed by atoms with Crippen LogP contribution in [0.3, 0.4) is 0 Å². The van der Waals surface area contributed by atoms with E-state index in [1.54, 1.807) is 14.2 Å². The third kappa shape index (κ3) is 206. The second-order valence-electron chi connectivity index (χ2n) is 0.656. The average Bonchev–Trinajstić information content (AvgIpc) is 1.33. The van der Waals surface area contributed by atoms with Crippen LogP contribution in [0.15, 0.2) is 0 Å². The molecule has 0 aromatic rings. The average molecular weight is 163 g/mol. The highest BCUT2D eigenvalue weighted by atomic mass is 35.6. The fourth-order valence-electron chi connectivity index (χ4n) is 0. The molecule has 0 atom stereocenters. The van der Waals surface area contributed by atoms with Crippen molar-refractivity contribution < 1.29 is 4.74 Å². The smallest absolute Gasteiger partial charge is 0.388 e. The first-order valence-corrected chi connectivity index (χ1v) is 2.78. The molecule has 7 heavy (non-hydrogen) atoms. The van der Waals surface area contributed by atoms with Crippen molar-refractivity contribution >= 4 is 39.3 Å². The van der Waals surface area contributed by atoms with E-state index in [9.17, 15) is 0 Å². The molecule has 0 heterocycles. The third-order valence-corrected chi connectivity index (χ3v) is 0. The number of methoxy groups -OCH3 is 1. The Morgan fingerprint density at radius 3 is 1.14 bits per heavy atom. The van der Waals surface area contributed by atoms with Crippen molar-refractivity contribution in [2.75, 3.05) is 14.2 Å². The minimum Gasteiger partial charge on any atom is -0.388 e. The van der Waals surface area contributed by atoms with Gasteiger partial charge in [0, 0.05) is 14.2 Å². The van der Waals surface area contributed by atoms with Crippen molar-refractivity contribution in [2.24, 2.45) is 0 Å². The summed E-state index contributed by atoms with van der Waals surface area (Å²) < 4.78 is 4.25. The highest BCUT2D eigenvalue weighted by Gasteiger charge is 1.91. The Labute approximate surface area is 58.7 Å². The second kappa shape index (κ2) is 10.00. The lowest BCUT2D eigenvalue weighted by Crippen LogP contribution is -1.66. The zero-order valence-electron chi connectivity index (χ0n) is 4.12. The Bertz CT molecular complexity index is 24.1. The molecule has 0 aliphatic rings. The van der Waals surface area contributed by atoms with Crippen LogP contribution in [0.25, 0.3) is 0 Å². The molecule has 5 heteroatoms. The Morgan fingerprint density at radius 1 is 1.14 bits per heavy atom. The van der Waals surface area contributed by atoms with Crippen LogP contribution in [0.1, 0.15) is 0 Å². The Balaban J connectivity index is 0. The van der Waals surface area contributed by atoms with Gasteiger partial charge in [-0.2, -0.15) is 34.4 Å². The summed E-state index contributed by atoms with van der Waals surface area (Å²) in [4.78, 5) is -0.750. The van der Waals surface area contributed by atoms with Crippen LogP contribution in [0.5, 0.6) is 0 Å². The van der Waals surface area contributed by atoms with Crippen LogP contribution in [0, 0.1) is 0 Å². The maximum absolute atomic E-state index is 4.81. The first kappa shape index (κ1) is 10.8. The van der Waals surface area contributed by atoms with E-state index in [-0.39, 0.29) is 0 Å². The molecular weight excluding hydrogens is 157 g/mol. The second-order valence-corrected chi connectivity index (χ2v) is 2.64. The monoisotopic (exact) mass is 162 g/mol. The van der Waals surface area contributed by atoms with Gasteiger partial charge in [-0.1, -0.05) is 0 Å². The fourth-order valence-corrected chi connectivity index (χ4v) is 0. The van der Waals surface area contributed by atoms with Gasteiger partial charge in [0.1, 0.15) is 0 Å². The van der Waals surface area contributed by atoms with E-state index in [2.05, 4.69) is 4.74 Å². The van der Waals surface area contributed by atoms with Gasteiger partial charge in [-0.3, -0.25) is 0 Å². The van der Waals surface area contributed by atoms with Crippen LogP contribution in [0.4, 0.5) is 0 Å². The van der Waals surface area contributed by atoms with E-state index in [0.717, 1.165) is 0 Å². The maximum Gasteiger partial charge on any atom is 0.450 e. The molecule has 0 unspecified atom stereocenters. The molecule has 0 rings (SSSR count). The highest BCUT2D eigenvalue weighted by Crippen LogP contribution is 1.97. The summed E-state index contributed by atoms with van der Waals surface area (Å²) in [7, 11) is 3.25. The standard InChI is InChI=1S/C2H6O.BCl3/c1-3-2;2-1(3)4/h1-2H3;. The van der Waals surface area contributed by atoms with Crippen LogP contribution < -0.4 is 0 Å². The summed E-state index contributed by atoms with van der Waals surface area (Å²) >= 11 is 14.4. The maximum atomic E-state index is 4.81. The molecule has 0 saturated carbocycles. The normalized spacial score (nSPS) is 6.43. The first-order chi connectivity index (χ1) is 3.15. The Morgan fingerprint density at radius 2 is 1.14 bits per heavy atom. The van der Waals surface area contributed by atoms with Crippen molar-refractivity contribution in [3.8, 4) is 0 Å². The summed E-state index contributed by atoms with van der Waals surface area (Å²) in [5, 5.41) is 0. The number of hydrogen-bond donors (Lipinski definition) is 0. The number of ether oxygens (including phenoxy) is 1. The van der Waals surface area contributed by atoms with Crippen LogP contribution in [-0.2, 0) is 4.74 Å². The van der Waals surface area contributed by atoms with Crippen molar-refractivity contribution in [3.05, 3.63) is 0 Å². The molecule has 0 fully saturated rings.